The smallest absolute Gasteiger partial charge is 0.256 e. The van der Waals surface area contributed by atoms with Gasteiger partial charge < -0.3 is 10.2 Å². The van der Waals surface area contributed by atoms with E-state index < -0.39 is 0 Å². The van der Waals surface area contributed by atoms with Crippen molar-refractivity contribution in [2.24, 2.45) is 5.92 Å². The topological polar surface area (TPSA) is 45.2 Å². The van der Waals surface area contributed by atoms with Gasteiger partial charge in [0.15, 0.2) is 0 Å². The number of fused-ring (bicyclic) bond motifs is 1. The Morgan fingerprint density at radius 3 is 2.61 bits per heavy atom. The number of anilines is 2. The van der Waals surface area contributed by atoms with Gasteiger partial charge in [-0.05, 0) is 48.9 Å². The molecule has 4 heteroatoms. The number of carbonyl (C=O) groups excluding carboxylic acids is 1. The molecule has 1 aliphatic heterocycles. The van der Waals surface area contributed by atoms with E-state index in [1.807, 2.05) is 48.5 Å². The monoisotopic (exact) mass is 373 g/mol. The Labute approximate surface area is 166 Å². The van der Waals surface area contributed by atoms with Crippen molar-refractivity contribution in [3.8, 4) is 0 Å². The molecule has 0 saturated carbocycles. The molecule has 1 amide bonds. The molecule has 0 aliphatic carbocycles. The zero-order valence-corrected chi connectivity index (χ0v) is 16.6. The van der Waals surface area contributed by atoms with Gasteiger partial charge >= 0.3 is 0 Å². The van der Waals surface area contributed by atoms with Gasteiger partial charge in [-0.1, -0.05) is 50.2 Å². The fourth-order valence-electron chi connectivity index (χ4n) is 3.89. The number of rotatable bonds is 4. The number of hydrogen-bond acceptors (Lipinski definition) is 3. The predicted octanol–water partition coefficient (Wildman–Crippen LogP) is 5.29. The summed E-state index contributed by atoms with van der Waals surface area (Å²) in [6.07, 6.45) is 3.21. The lowest BCUT2D eigenvalue weighted by atomic mass is 9.99. The fraction of sp³-hybridized carbons (Fsp3) is 0.333. The summed E-state index contributed by atoms with van der Waals surface area (Å²) < 4.78 is 0. The summed E-state index contributed by atoms with van der Waals surface area (Å²) in [5, 5.41) is 4.01. The average molecular weight is 374 g/mol. The van der Waals surface area contributed by atoms with Crippen molar-refractivity contribution >= 4 is 28.3 Å². The van der Waals surface area contributed by atoms with Crippen LogP contribution in [-0.2, 0) is 6.42 Å². The van der Waals surface area contributed by atoms with Gasteiger partial charge in [0.05, 0.1) is 11.1 Å². The molecule has 1 aromatic heterocycles. The van der Waals surface area contributed by atoms with Crippen LogP contribution in [0.5, 0.6) is 0 Å². The van der Waals surface area contributed by atoms with Crippen molar-refractivity contribution in [2.75, 3.05) is 23.3 Å². The molecule has 28 heavy (non-hydrogen) atoms. The Bertz CT molecular complexity index is 990. The van der Waals surface area contributed by atoms with Crippen molar-refractivity contribution in [2.45, 2.75) is 33.1 Å². The molecule has 0 spiro atoms. The van der Waals surface area contributed by atoms with Crippen LogP contribution in [0.1, 0.15) is 42.6 Å². The molecule has 0 unspecified atom stereocenters. The zero-order valence-electron chi connectivity index (χ0n) is 16.6. The van der Waals surface area contributed by atoms with Crippen molar-refractivity contribution in [3.63, 3.8) is 0 Å². The minimum absolute atomic E-state index is 0.0777. The summed E-state index contributed by atoms with van der Waals surface area (Å²) in [5.74, 6) is 1.58. The third-order valence-corrected chi connectivity index (χ3v) is 5.70. The molecule has 0 atom stereocenters. The summed E-state index contributed by atoms with van der Waals surface area (Å²) >= 11 is 0. The minimum Gasteiger partial charge on any atom is -0.357 e. The Hall–Kier alpha value is -2.88. The first-order valence-electron chi connectivity index (χ1n) is 10.2. The summed E-state index contributed by atoms with van der Waals surface area (Å²) in [6.45, 7) is 6.38. The van der Waals surface area contributed by atoms with Crippen LogP contribution in [0, 0.1) is 5.92 Å². The predicted molar refractivity (Wildman–Crippen MR) is 116 cm³/mol. The van der Waals surface area contributed by atoms with Crippen molar-refractivity contribution < 1.29 is 4.79 Å². The number of carbonyl (C=O) groups is 1. The lowest BCUT2D eigenvalue weighted by molar-refractivity contribution is 0.102. The summed E-state index contributed by atoms with van der Waals surface area (Å²) in [5.41, 5.74) is 3.57. The fourth-order valence-corrected chi connectivity index (χ4v) is 3.89. The maximum atomic E-state index is 13.2. The number of amides is 1. The molecule has 2 heterocycles. The van der Waals surface area contributed by atoms with E-state index in [1.54, 1.807) is 0 Å². The number of benzene rings is 2. The van der Waals surface area contributed by atoms with E-state index in [0.717, 1.165) is 53.4 Å². The Kier molecular flexibility index (Phi) is 5.29. The highest BCUT2D eigenvalue weighted by Gasteiger charge is 2.20. The number of nitrogens with zero attached hydrogens (tertiary/aromatic N) is 2. The van der Waals surface area contributed by atoms with E-state index in [2.05, 4.69) is 30.1 Å². The van der Waals surface area contributed by atoms with Crippen LogP contribution in [0.15, 0.2) is 54.6 Å². The number of piperidine rings is 1. The lowest BCUT2D eigenvalue weighted by Crippen LogP contribution is -2.33. The van der Waals surface area contributed by atoms with E-state index in [-0.39, 0.29) is 5.91 Å². The van der Waals surface area contributed by atoms with Crippen LogP contribution < -0.4 is 10.2 Å². The number of pyridine rings is 1. The molecular weight excluding hydrogens is 346 g/mol. The second kappa shape index (κ2) is 8.01. The molecule has 2 aromatic carbocycles. The summed E-state index contributed by atoms with van der Waals surface area (Å²) in [6, 6.07) is 17.9. The Balaban J connectivity index is 1.71. The molecule has 4 rings (SSSR count). The lowest BCUT2D eigenvalue weighted by Gasteiger charge is -2.31. The first kappa shape index (κ1) is 18.5. The van der Waals surface area contributed by atoms with Crippen molar-refractivity contribution in [1.82, 2.24) is 4.98 Å². The maximum Gasteiger partial charge on any atom is 0.256 e. The van der Waals surface area contributed by atoms with E-state index in [1.165, 1.54) is 12.8 Å². The first-order chi connectivity index (χ1) is 13.7. The third-order valence-electron chi connectivity index (χ3n) is 5.70. The van der Waals surface area contributed by atoms with Crippen LogP contribution in [0.2, 0.25) is 0 Å². The second-order valence-corrected chi connectivity index (χ2v) is 7.68. The van der Waals surface area contributed by atoms with Gasteiger partial charge in [0.2, 0.25) is 0 Å². The highest BCUT2D eigenvalue weighted by Crippen LogP contribution is 2.27. The molecule has 0 bridgehead atoms. The minimum atomic E-state index is -0.0777. The number of aryl methyl sites for hydroxylation is 1. The van der Waals surface area contributed by atoms with Gasteiger partial charge in [-0.2, -0.15) is 0 Å². The van der Waals surface area contributed by atoms with Crippen LogP contribution in [0.3, 0.4) is 0 Å². The summed E-state index contributed by atoms with van der Waals surface area (Å²) in [4.78, 5) is 20.4. The normalized spacial score (nSPS) is 15.0. The molecular formula is C24H27N3O. The maximum absolute atomic E-state index is 13.2. The quantitative estimate of drug-likeness (QED) is 0.676. The van der Waals surface area contributed by atoms with Gasteiger partial charge in [0.25, 0.3) is 5.91 Å². The third kappa shape index (κ3) is 3.72. The summed E-state index contributed by atoms with van der Waals surface area (Å²) in [7, 11) is 0. The van der Waals surface area contributed by atoms with E-state index in [0.29, 0.717) is 5.56 Å². The number of nitrogens with one attached hydrogen (secondary N) is 1. The zero-order chi connectivity index (χ0) is 19.5. The molecule has 4 nitrogen and oxygen atoms in total. The van der Waals surface area contributed by atoms with E-state index in [4.69, 9.17) is 4.98 Å². The van der Waals surface area contributed by atoms with Crippen LogP contribution in [0.25, 0.3) is 10.9 Å². The molecule has 144 valence electrons. The van der Waals surface area contributed by atoms with Crippen molar-refractivity contribution in [1.29, 1.82) is 0 Å². The van der Waals surface area contributed by atoms with E-state index in [9.17, 15) is 4.79 Å². The van der Waals surface area contributed by atoms with Crippen LogP contribution in [0.4, 0.5) is 11.5 Å². The number of para-hydroxylation sites is 2. The standard InChI is InChI=1S/C24H27N3O/c1-3-18-8-4-6-10-21(18)26-24(28)20-16-23(27-14-12-17(2)13-15-27)25-22-11-7-5-9-19(20)22/h4-11,16-17H,3,12-15H2,1-2H3,(H,26,28). The second-order valence-electron chi connectivity index (χ2n) is 7.68. The highest BCUT2D eigenvalue weighted by molar-refractivity contribution is 6.13. The molecule has 1 aliphatic rings. The Morgan fingerprint density at radius 1 is 1.11 bits per heavy atom. The molecule has 1 N–H and O–H groups in total. The molecule has 0 radical (unpaired) electrons. The van der Waals surface area contributed by atoms with Gasteiger partial charge in [0, 0.05) is 24.2 Å². The number of aromatic nitrogens is 1. The van der Waals surface area contributed by atoms with Crippen molar-refractivity contribution in [3.05, 3.63) is 65.7 Å². The first-order valence-corrected chi connectivity index (χ1v) is 10.2. The van der Waals surface area contributed by atoms with Gasteiger partial charge in [-0.3, -0.25) is 4.79 Å². The van der Waals surface area contributed by atoms with Crippen LogP contribution >= 0.6 is 0 Å². The van der Waals surface area contributed by atoms with E-state index >= 15 is 0 Å². The number of hydrogen-bond donors (Lipinski definition) is 1. The largest absolute Gasteiger partial charge is 0.357 e. The molecule has 1 fully saturated rings. The molecule has 3 aromatic rings. The molecule has 1 saturated heterocycles. The van der Waals surface area contributed by atoms with Gasteiger partial charge in [0.1, 0.15) is 5.82 Å². The van der Waals surface area contributed by atoms with Gasteiger partial charge in [-0.15, -0.1) is 0 Å². The average Bonchev–Trinajstić information content (AvgIpc) is 2.74. The van der Waals surface area contributed by atoms with Crippen LogP contribution in [-0.4, -0.2) is 24.0 Å². The Morgan fingerprint density at radius 2 is 1.82 bits per heavy atom. The SMILES string of the molecule is CCc1ccccc1NC(=O)c1cc(N2CCC(C)CC2)nc2ccccc12. The van der Waals surface area contributed by atoms with Gasteiger partial charge in [-0.25, -0.2) is 4.98 Å². The highest BCUT2D eigenvalue weighted by atomic mass is 16.1.